The minimum absolute atomic E-state index is 0.0268. The fraction of sp³-hybridized carbons (Fsp3) is 0.312. The number of hydrogen-bond acceptors (Lipinski definition) is 7. The van der Waals surface area contributed by atoms with Crippen LogP contribution in [0.3, 0.4) is 0 Å². The smallest absolute Gasteiger partial charge is 0.218 e. The maximum absolute atomic E-state index is 13.0. The van der Waals surface area contributed by atoms with E-state index in [1.54, 1.807) is 0 Å². The molecule has 1 fully saturated rings. The predicted molar refractivity (Wildman–Crippen MR) is 102 cm³/mol. The van der Waals surface area contributed by atoms with Gasteiger partial charge >= 0.3 is 0 Å². The van der Waals surface area contributed by atoms with E-state index in [2.05, 4.69) is 10.0 Å². The van der Waals surface area contributed by atoms with Gasteiger partial charge in [-0.15, -0.1) is 11.3 Å². The lowest BCUT2D eigenvalue weighted by molar-refractivity contribution is 0.393. The van der Waals surface area contributed by atoms with Crippen molar-refractivity contribution in [2.75, 3.05) is 13.1 Å². The Morgan fingerprint density at radius 1 is 1.25 bits per heavy atom. The molecule has 12 heteroatoms. The number of azide groups is 1. The molecular formula is C16H15N5O4S3. The molecule has 0 N–H and O–H groups in total. The first-order valence-corrected chi connectivity index (χ1v) is 11.9. The van der Waals surface area contributed by atoms with Gasteiger partial charge in [-0.1, -0.05) is 11.2 Å². The standard InChI is InChI=1S/C16H15N5O4S3/c17-10-13-6-7-16(26-13)27(22,23)14-4-1-5-15(9-14)28(24,25)21-8-2-3-12(21)11-19-20-18/h1,4-7,9,12H,2-3,8,11H2/t12-/m0/s1. The maximum Gasteiger partial charge on any atom is 0.243 e. The lowest BCUT2D eigenvalue weighted by Crippen LogP contribution is -2.37. The van der Waals surface area contributed by atoms with Gasteiger partial charge in [0.25, 0.3) is 0 Å². The second kappa shape index (κ2) is 7.90. The molecule has 146 valence electrons. The summed E-state index contributed by atoms with van der Waals surface area (Å²) >= 11 is 0.827. The van der Waals surface area contributed by atoms with Crippen molar-refractivity contribution in [3.8, 4) is 6.07 Å². The number of sulfonamides is 1. The third kappa shape index (κ3) is 3.76. The Balaban J connectivity index is 1.98. The normalized spacial score (nSPS) is 17.8. The van der Waals surface area contributed by atoms with Gasteiger partial charge < -0.3 is 0 Å². The highest BCUT2D eigenvalue weighted by molar-refractivity contribution is 7.93. The van der Waals surface area contributed by atoms with Crippen LogP contribution in [0.1, 0.15) is 17.7 Å². The molecule has 28 heavy (non-hydrogen) atoms. The van der Waals surface area contributed by atoms with E-state index in [1.807, 2.05) is 6.07 Å². The Hall–Kier alpha value is -2.42. The highest BCUT2D eigenvalue weighted by Gasteiger charge is 2.35. The first-order valence-electron chi connectivity index (χ1n) is 8.18. The Morgan fingerprint density at radius 3 is 2.68 bits per heavy atom. The van der Waals surface area contributed by atoms with Gasteiger partial charge in [-0.25, -0.2) is 16.8 Å². The van der Waals surface area contributed by atoms with Crippen molar-refractivity contribution in [2.24, 2.45) is 5.11 Å². The van der Waals surface area contributed by atoms with Crippen LogP contribution in [0.25, 0.3) is 10.4 Å². The summed E-state index contributed by atoms with van der Waals surface area (Å²) in [5.74, 6) is 0. The third-order valence-corrected chi connectivity index (χ3v) is 9.54. The average molecular weight is 438 g/mol. The average Bonchev–Trinajstić information content (AvgIpc) is 3.36. The van der Waals surface area contributed by atoms with E-state index in [9.17, 15) is 16.8 Å². The molecule has 1 aromatic carbocycles. The van der Waals surface area contributed by atoms with E-state index in [4.69, 9.17) is 10.8 Å². The fourth-order valence-corrected chi connectivity index (χ4v) is 7.37. The zero-order valence-electron chi connectivity index (χ0n) is 14.5. The van der Waals surface area contributed by atoms with Crippen LogP contribution in [0.2, 0.25) is 0 Å². The van der Waals surface area contributed by atoms with Gasteiger partial charge in [0.2, 0.25) is 19.9 Å². The summed E-state index contributed by atoms with van der Waals surface area (Å²) in [4.78, 5) is 2.63. The maximum atomic E-state index is 13.0. The van der Waals surface area contributed by atoms with Crippen LogP contribution in [0.15, 0.2) is 55.5 Å². The summed E-state index contributed by atoms with van der Waals surface area (Å²) in [5.41, 5.74) is 8.49. The van der Waals surface area contributed by atoms with Crippen molar-refractivity contribution in [3.05, 3.63) is 51.7 Å². The number of benzene rings is 1. The molecular weight excluding hydrogens is 422 g/mol. The molecule has 0 saturated carbocycles. The minimum atomic E-state index is -3.95. The van der Waals surface area contributed by atoms with Gasteiger partial charge in [0, 0.05) is 24.0 Å². The lowest BCUT2D eigenvalue weighted by atomic mass is 10.2. The van der Waals surface area contributed by atoms with Crippen LogP contribution < -0.4 is 0 Å². The van der Waals surface area contributed by atoms with Crippen molar-refractivity contribution in [3.63, 3.8) is 0 Å². The van der Waals surface area contributed by atoms with E-state index < -0.39 is 25.9 Å². The molecule has 3 rings (SSSR count). The van der Waals surface area contributed by atoms with Crippen molar-refractivity contribution in [2.45, 2.75) is 32.9 Å². The molecule has 0 unspecified atom stereocenters. The highest BCUT2D eigenvalue weighted by Crippen LogP contribution is 2.31. The summed E-state index contributed by atoms with van der Waals surface area (Å²) in [5, 5.41) is 12.4. The van der Waals surface area contributed by atoms with E-state index in [-0.39, 0.29) is 32.0 Å². The molecule has 1 aromatic heterocycles. The third-order valence-electron chi connectivity index (χ3n) is 4.36. The highest BCUT2D eigenvalue weighted by atomic mass is 32.2. The quantitative estimate of drug-likeness (QED) is 0.387. The first-order chi connectivity index (χ1) is 13.3. The minimum Gasteiger partial charge on any atom is -0.218 e. The van der Waals surface area contributed by atoms with Crippen LogP contribution in [0.5, 0.6) is 0 Å². The van der Waals surface area contributed by atoms with Gasteiger partial charge in [-0.05, 0) is 48.7 Å². The molecule has 0 amide bonds. The molecule has 1 aliphatic rings. The van der Waals surface area contributed by atoms with E-state index in [1.165, 1.54) is 34.6 Å². The van der Waals surface area contributed by atoms with Gasteiger partial charge in [-0.2, -0.15) is 9.57 Å². The van der Waals surface area contributed by atoms with E-state index in [0.717, 1.165) is 17.4 Å². The zero-order valence-corrected chi connectivity index (χ0v) is 16.9. The molecule has 0 radical (unpaired) electrons. The van der Waals surface area contributed by atoms with E-state index >= 15 is 0 Å². The van der Waals surface area contributed by atoms with Gasteiger partial charge in [-0.3, -0.25) is 0 Å². The lowest BCUT2D eigenvalue weighted by Gasteiger charge is -2.23. The van der Waals surface area contributed by atoms with Crippen LogP contribution in [0.4, 0.5) is 0 Å². The number of rotatable bonds is 6. The Kier molecular flexibility index (Phi) is 5.74. The predicted octanol–water partition coefficient (Wildman–Crippen LogP) is 2.92. The second-order valence-electron chi connectivity index (χ2n) is 6.03. The van der Waals surface area contributed by atoms with Crippen LogP contribution in [0, 0.1) is 11.3 Å². The Morgan fingerprint density at radius 2 is 2.00 bits per heavy atom. The topological polar surface area (TPSA) is 144 Å². The summed E-state index contributed by atoms with van der Waals surface area (Å²) in [6, 6.07) is 9.33. The summed E-state index contributed by atoms with van der Waals surface area (Å²) < 4.78 is 52.9. The van der Waals surface area contributed by atoms with E-state index in [0.29, 0.717) is 12.8 Å². The molecule has 9 nitrogen and oxygen atoms in total. The molecule has 1 aliphatic heterocycles. The second-order valence-corrected chi connectivity index (χ2v) is 11.2. The first kappa shape index (κ1) is 20.3. The molecule has 1 atom stereocenters. The molecule has 1 saturated heterocycles. The Labute approximate surface area is 166 Å². The largest absolute Gasteiger partial charge is 0.243 e. The van der Waals surface area contributed by atoms with Crippen LogP contribution in [-0.2, 0) is 19.9 Å². The number of nitrogens with zero attached hydrogens (tertiary/aromatic N) is 5. The molecule has 2 aromatic rings. The van der Waals surface area contributed by atoms with Crippen molar-refractivity contribution >= 4 is 31.2 Å². The molecule has 0 bridgehead atoms. The monoisotopic (exact) mass is 437 g/mol. The summed E-state index contributed by atoms with van der Waals surface area (Å²) in [6.45, 7) is 0.307. The number of nitriles is 1. The van der Waals surface area contributed by atoms with Crippen LogP contribution >= 0.6 is 11.3 Å². The Bertz CT molecular complexity index is 1190. The van der Waals surface area contributed by atoms with Gasteiger partial charge in [0.1, 0.15) is 15.2 Å². The van der Waals surface area contributed by atoms with Gasteiger partial charge in [0.15, 0.2) is 0 Å². The number of sulfone groups is 1. The summed E-state index contributed by atoms with van der Waals surface area (Å²) in [6.07, 6.45) is 1.21. The van der Waals surface area contributed by atoms with Gasteiger partial charge in [0.05, 0.1) is 9.79 Å². The zero-order chi connectivity index (χ0) is 20.4. The SMILES string of the molecule is N#Cc1ccc(S(=O)(=O)c2cccc(S(=O)(=O)N3CCC[C@H]3CN=[N+]=[N-])c2)s1. The molecule has 2 heterocycles. The van der Waals surface area contributed by atoms with Crippen LogP contribution in [-0.4, -0.2) is 40.3 Å². The summed E-state index contributed by atoms with van der Waals surface area (Å²) in [7, 11) is -7.89. The van der Waals surface area contributed by atoms with Crippen molar-refractivity contribution < 1.29 is 16.8 Å². The van der Waals surface area contributed by atoms with Crippen molar-refractivity contribution in [1.29, 1.82) is 5.26 Å². The fourth-order valence-electron chi connectivity index (χ4n) is 3.02. The van der Waals surface area contributed by atoms with Crippen molar-refractivity contribution in [1.82, 2.24) is 4.31 Å². The molecule has 0 aliphatic carbocycles. The molecule has 0 spiro atoms. The number of thiophene rings is 1. The number of hydrogen-bond donors (Lipinski definition) is 0.